The van der Waals surface area contributed by atoms with Crippen LogP contribution in [0.2, 0.25) is 0 Å². The summed E-state index contributed by atoms with van der Waals surface area (Å²) in [7, 11) is 0. The molecular formula is C10H18FNO3. The standard InChI is InChI=1S/C10H18FNO3/c1-9(2,3)15-8(14)12-5-4-10(11,6-12)7-13/h13H,4-7H2,1-3H3/t10-/m1/s1. The first kappa shape index (κ1) is 12.2. The second-order valence-corrected chi connectivity index (χ2v) is 4.96. The first-order valence-corrected chi connectivity index (χ1v) is 5.03. The zero-order valence-electron chi connectivity index (χ0n) is 9.42. The van der Waals surface area contributed by atoms with Crippen LogP contribution in [0, 0.1) is 0 Å². The van der Waals surface area contributed by atoms with E-state index >= 15 is 0 Å². The lowest BCUT2D eigenvalue weighted by Gasteiger charge is -2.24. The van der Waals surface area contributed by atoms with Crippen molar-refractivity contribution in [1.82, 2.24) is 4.90 Å². The number of alkyl halides is 1. The van der Waals surface area contributed by atoms with E-state index in [2.05, 4.69) is 0 Å². The number of carbonyl (C=O) groups is 1. The van der Waals surface area contributed by atoms with Crippen LogP contribution in [0.4, 0.5) is 9.18 Å². The quantitative estimate of drug-likeness (QED) is 0.723. The van der Waals surface area contributed by atoms with Crippen LogP contribution in [0.5, 0.6) is 0 Å². The SMILES string of the molecule is CC(C)(C)OC(=O)N1CC[C@](F)(CO)C1. The average Bonchev–Trinajstić information content (AvgIpc) is 2.46. The third-order valence-electron chi connectivity index (χ3n) is 2.24. The second kappa shape index (κ2) is 3.96. The Morgan fingerprint density at radius 3 is 2.60 bits per heavy atom. The first-order valence-electron chi connectivity index (χ1n) is 5.03. The van der Waals surface area contributed by atoms with E-state index in [0.29, 0.717) is 6.54 Å². The van der Waals surface area contributed by atoms with Gasteiger partial charge >= 0.3 is 6.09 Å². The van der Waals surface area contributed by atoms with Gasteiger partial charge in [-0.2, -0.15) is 0 Å². The molecule has 5 heteroatoms. The van der Waals surface area contributed by atoms with E-state index in [4.69, 9.17) is 9.84 Å². The lowest BCUT2D eigenvalue weighted by Crippen LogP contribution is -2.38. The molecule has 1 fully saturated rings. The minimum atomic E-state index is -1.66. The molecular weight excluding hydrogens is 201 g/mol. The Kier molecular flexibility index (Phi) is 3.23. The molecule has 0 saturated carbocycles. The van der Waals surface area contributed by atoms with Gasteiger partial charge in [0.15, 0.2) is 5.67 Å². The Bertz CT molecular complexity index is 252. The van der Waals surface area contributed by atoms with E-state index in [1.165, 1.54) is 4.90 Å². The van der Waals surface area contributed by atoms with Gasteiger partial charge in [0.25, 0.3) is 0 Å². The van der Waals surface area contributed by atoms with Gasteiger partial charge in [0.05, 0.1) is 13.2 Å². The van der Waals surface area contributed by atoms with Crippen molar-refractivity contribution in [1.29, 1.82) is 0 Å². The van der Waals surface area contributed by atoms with Gasteiger partial charge in [-0.3, -0.25) is 0 Å². The van der Waals surface area contributed by atoms with Gasteiger partial charge in [0.2, 0.25) is 0 Å². The van der Waals surface area contributed by atoms with Crippen molar-refractivity contribution in [3.05, 3.63) is 0 Å². The van der Waals surface area contributed by atoms with E-state index in [0.717, 1.165) is 0 Å². The van der Waals surface area contributed by atoms with Crippen LogP contribution in [-0.4, -0.2) is 47.1 Å². The maximum Gasteiger partial charge on any atom is 0.410 e. The number of likely N-dealkylation sites (tertiary alicyclic amines) is 1. The Morgan fingerprint density at radius 1 is 1.60 bits per heavy atom. The van der Waals surface area contributed by atoms with Crippen molar-refractivity contribution in [2.45, 2.75) is 38.5 Å². The molecule has 1 rings (SSSR count). The lowest BCUT2D eigenvalue weighted by atomic mass is 10.1. The lowest BCUT2D eigenvalue weighted by molar-refractivity contribution is 0.0219. The molecule has 1 amide bonds. The Balaban J connectivity index is 2.51. The maximum atomic E-state index is 13.6. The van der Waals surface area contributed by atoms with Gasteiger partial charge in [-0.05, 0) is 20.8 Å². The normalized spacial score (nSPS) is 26.9. The number of carbonyl (C=O) groups excluding carboxylic acids is 1. The number of aliphatic hydroxyl groups excluding tert-OH is 1. The summed E-state index contributed by atoms with van der Waals surface area (Å²) in [5.41, 5.74) is -2.23. The maximum absolute atomic E-state index is 13.6. The minimum absolute atomic E-state index is 0.0849. The predicted octanol–water partition coefficient (Wildman–Crippen LogP) is 1.33. The molecule has 88 valence electrons. The van der Waals surface area contributed by atoms with Crippen LogP contribution >= 0.6 is 0 Å². The molecule has 0 unspecified atom stereocenters. The smallest absolute Gasteiger partial charge is 0.410 e. The van der Waals surface area contributed by atoms with Crippen molar-refractivity contribution in [2.24, 2.45) is 0 Å². The molecule has 0 spiro atoms. The van der Waals surface area contributed by atoms with E-state index in [9.17, 15) is 9.18 Å². The van der Waals surface area contributed by atoms with Crippen molar-refractivity contribution in [2.75, 3.05) is 19.7 Å². The fourth-order valence-electron chi connectivity index (χ4n) is 1.45. The molecule has 15 heavy (non-hydrogen) atoms. The zero-order chi connectivity index (χ0) is 11.7. The molecule has 1 aliphatic rings. The molecule has 0 bridgehead atoms. The Labute approximate surface area is 89.0 Å². The number of halogens is 1. The van der Waals surface area contributed by atoms with Crippen molar-refractivity contribution in [3.63, 3.8) is 0 Å². The molecule has 1 aliphatic heterocycles. The fraction of sp³-hybridized carbons (Fsp3) is 0.900. The molecule has 1 N–H and O–H groups in total. The number of hydrogen-bond acceptors (Lipinski definition) is 3. The average molecular weight is 219 g/mol. The second-order valence-electron chi connectivity index (χ2n) is 4.96. The van der Waals surface area contributed by atoms with Crippen molar-refractivity contribution < 1.29 is 19.0 Å². The summed E-state index contributed by atoms with van der Waals surface area (Å²) >= 11 is 0. The van der Waals surface area contributed by atoms with Gasteiger partial charge in [0, 0.05) is 13.0 Å². The van der Waals surface area contributed by atoms with Crippen LogP contribution < -0.4 is 0 Å². The molecule has 0 aromatic rings. The zero-order valence-corrected chi connectivity index (χ0v) is 9.42. The van der Waals surface area contributed by atoms with Gasteiger partial charge < -0.3 is 14.7 Å². The van der Waals surface area contributed by atoms with E-state index in [1.807, 2.05) is 0 Å². The van der Waals surface area contributed by atoms with E-state index in [-0.39, 0.29) is 13.0 Å². The Morgan fingerprint density at radius 2 is 2.20 bits per heavy atom. The Hall–Kier alpha value is -0.840. The number of hydrogen-bond donors (Lipinski definition) is 1. The van der Waals surface area contributed by atoms with Crippen LogP contribution in [0.25, 0.3) is 0 Å². The molecule has 0 aliphatic carbocycles. The number of nitrogens with zero attached hydrogens (tertiary/aromatic N) is 1. The molecule has 1 saturated heterocycles. The molecule has 4 nitrogen and oxygen atoms in total. The largest absolute Gasteiger partial charge is 0.444 e. The van der Waals surface area contributed by atoms with Crippen molar-refractivity contribution in [3.8, 4) is 0 Å². The fourth-order valence-corrected chi connectivity index (χ4v) is 1.45. The van der Waals surface area contributed by atoms with Crippen molar-refractivity contribution >= 4 is 6.09 Å². The highest BCUT2D eigenvalue weighted by Gasteiger charge is 2.41. The van der Waals surface area contributed by atoms with Crippen LogP contribution in [0.3, 0.4) is 0 Å². The van der Waals surface area contributed by atoms with Crippen LogP contribution in [0.15, 0.2) is 0 Å². The minimum Gasteiger partial charge on any atom is -0.444 e. The van der Waals surface area contributed by atoms with E-state index in [1.54, 1.807) is 20.8 Å². The number of amides is 1. The predicted molar refractivity (Wildman–Crippen MR) is 53.3 cm³/mol. The third-order valence-corrected chi connectivity index (χ3v) is 2.24. The number of aliphatic hydroxyl groups is 1. The van der Waals surface area contributed by atoms with Crippen LogP contribution in [0.1, 0.15) is 27.2 Å². The highest BCUT2D eigenvalue weighted by atomic mass is 19.1. The third kappa shape index (κ3) is 3.34. The summed E-state index contributed by atoms with van der Waals surface area (Å²) in [5.74, 6) is 0. The van der Waals surface area contributed by atoms with Gasteiger partial charge in [-0.1, -0.05) is 0 Å². The summed E-state index contributed by atoms with van der Waals surface area (Å²) in [6, 6.07) is 0. The molecule has 0 aromatic heterocycles. The molecule has 1 heterocycles. The summed E-state index contributed by atoms with van der Waals surface area (Å²) < 4.78 is 18.7. The molecule has 0 radical (unpaired) electrons. The number of rotatable bonds is 1. The summed E-state index contributed by atoms with van der Waals surface area (Å²) in [4.78, 5) is 12.8. The highest BCUT2D eigenvalue weighted by molar-refractivity contribution is 5.68. The van der Waals surface area contributed by atoms with E-state index < -0.39 is 24.0 Å². The summed E-state index contributed by atoms with van der Waals surface area (Å²) in [6.07, 6.45) is -0.349. The summed E-state index contributed by atoms with van der Waals surface area (Å²) in [6.45, 7) is 4.94. The summed E-state index contributed by atoms with van der Waals surface area (Å²) in [5, 5.41) is 8.80. The monoisotopic (exact) mass is 219 g/mol. The van der Waals surface area contributed by atoms with Gasteiger partial charge in [-0.25, -0.2) is 9.18 Å². The van der Waals surface area contributed by atoms with Gasteiger partial charge in [-0.15, -0.1) is 0 Å². The van der Waals surface area contributed by atoms with Gasteiger partial charge in [0.1, 0.15) is 5.60 Å². The number of ether oxygens (including phenoxy) is 1. The first-order chi connectivity index (χ1) is 6.76. The van der Waals surface area contributed by atoms with Crippen LogP contribution in [-0.2, 0) is 4.74 Å². The molecule has 0 aromatic carbocycles. The topological polar surface area (TPSA) is 49.8 Å². The highest BCUT2D eigenvalue weighted by Crippen LogP contribution is 2.26. The molecule has 1 atom stereocenters.